The van der Waals surface area contributed by atoms with Gasteiger partial charge in [0.1, 0.15) is 37.0 Å². The van der Waals surface area contributed by atoms with E-state index in [0.29, 0.717) is 11.9 Å². The van der Waals surface area contributed by atoms with Crippen molar-refractivity contribution in [3.05, 3.63) is 36.0 Å². The molecule has 26 heavy (non-hydrogen) atoms. The number of fused-ring (bicyclic) bond motifs is 1. The van der Waals surface area contributed by atoms with Crippen molar-refractivity contribution >= 4 is 16.7 Å². The highest BCUT2D eigenvalue weighted by Gasteiger charge is 2.70. The number of carbonyl (C=O) groups excluding carboxylic acids is 1. The van der Waals surface area contributed by atoms with Gasteiger partial charge in [-0.2, -0.15) is 0 Å². The van der Waals surface area contributed by atoms with Crippen molar-refractivity contribution in [2.24, 2.45) is 10.8 Å². The third kappa shape index (κ3) is 1.89. The molecule has 0 aliphatic carbocycles. The number of benzene rings is 1. The summed E-state index contributed by atoms with van der Waals surface area (Å²) in [5.74, 6) is 0.594. The molecule has 4 aliphatic rings. The molecule has 0 unspecified atom stereocenters. The second-order valence-electron chi connectivity index (χ2n) is 8.94. The molecule has 1 aromatic heterocycles. The van der Waals surface area contributed by atoms with Crippen LogP contribution in [-0.2, 0) is 11.3 Å². The lowest BCUT2D eigenvalue weighted by atomic mass is 9.58. The summed E-state index contributed by atoms with van der Waals surface area (Å²) in [5.41, 5.74) is 2.70. The van der Waals surface area contributed by atoms with E-state index in [1.165, 1.54) is 16.5 Å². The first kappa shape index (κ1) is 16.5. The number of aromatic nitrogens is 1. The summed E-state index contributed by atoms with van der Waals surface area (Å²) in [7, 11) is 0. The fourth-order valence-electron chi connectivity index (χ4n) is 6.60. The van der Waals surface area contributed by atoms with Gasteiger partial charge in [0.2, 0.25) is 6.17 Å². The molecular formula is C22H31N3O+2. The predicted molar refractivity (Wildman–Crippen MR) is 102 cm³/mol. The van der Waals surface area contributed by atoms with Crippen LogP contribution < -0.4 is 9.80 Å². The van der Waals surface area contributed by atoms with Gasteiger partial charge in [0.05, 0.1) is 5.56 Å². The first-order valence-corrected chi connectivity index (χ1v) is 10.4. The monoisotopic (exact) mass is 353 g/mol. The average molecular weight is 354 g/mol. The van der Waals surface area contributed by atoms with Crippen LogP contribution in [-0.4, -0.2) is 36.5 Å². The maximum atomic E-state index is 13.4. The first-order valence-electron chi connectivity index (χ1n) is 10.4. The Morgan fingerprint density at radius 2 is 1.58 bits per heavy atom. The molecule has 2 N–H and O–H groups in total. The van der Waals surface area contributed by atoms with Gasteiger partial charge < -0.3 is 4.57 Å². The van der Waals surface area contributed by atoms with Gasteiger partial charge in [-0.25, -0.2) is 0 Å². The Hall–Kier alpha value is -1.65. The van der Waals surface area contributed by atoms with E-state index in [1.807, 2.05) is 0 Å². The second-order valence-corrected chi connectivity index (χ2v) is 8.94. The maximum Gasteiger partial charge on any atom is 0.242 e. The van der Waals surface area contributed by atoms with Gasteiger partial charge in [-0.05, 0) is 25.8 Å². The summed E-state index contributed by atoms with van der Waals surface area (Å²) in [6.07, 6.45) is 4.89. The summed E-state index contributed by atoms with van der Waals surface area (Å²) < 4.78 is 2.40. The maximum absolute atomic E-state index is 13.4. The molecule has 4 nitrogen and oxygen atoms in total. The molecule has 0 radical (unpaired) electrons. The Morgan fingerprint density at radius 1 is 1.00 bits per heavy atom. The average Bonchev–Trinajstić information content (AvgIpc) is 3.03. The number of carbonyl (C=O) groups is 1. The Morgan fingerprint density at radius 3 is 2.12 bits per heavy atom. The zero-order valence-electron chi connectivity index (χ0n) is 16.3. The number of quaternary nitrogens is 2. The summed E-state index contributed by atoms with van der Waals surface area (Å²) in [6.45, 7) is 11.8. The highest BCUT2D eigenvalue weighted by atomic mass is 16.1. The van der Waals surface area contributed by atoms with Crippen molar-refractivity contribution < 1.29 is 14.6 Å². The highest BCUT2D eigenvalue weighted by Crippen LogP contribution is 2.41. The van der Waals surface area contributed by atoms with E-state index in [1.54, 1.807) is 9.80 Å². The molecule has 4 heteroatoms. The minimum Gasteiger partial charge on any atom is -0.347 e. The molecule has 0 atom stereocenters. The Labute approximate surface area is 155 Å². The van der Waals surface area contributed by atoms with Crippen molar-refractivity contribution in [3.63, 3.8) is 0 Å². The van der Waals surface area contributed by atoms with Gasteiger partial charge in [0.25, 0.3) is 0 Å². The van der Waals surface area contributed by atoms with Gasteiger partial charge in [-0.1, -0.05) is 32.0 Å². The minimum absolute atomic E-state index is 0.0726. The number of rotatable bonds is 4. The van der Waals surface area contributed by atoms with E-state index in [0.717, 1.165) is 45.6 Å². The largest absolute Gasteiger partial charge is 0.347 e. The summed E-state index contributed by atoms with van der Waals surface area (Å²) >= 11 is 0. The molecule has 0 spiro atoms. The van der Waals surface area contributed by atoms with Crippen LogP contribution in [0, 0.1) is 10.8 Å². The number of hydrogen-bond donors (Lipinski definition) is 2. The van der Waals surface area contributed by atoms with Crippen LogP contribution in [0.2, 0.25) is 0 Å². The minimum atomic E-state index is -0.0726. The molecule has 0 amide bonds. The van der Waals surface area contributed by atoms with E-state index in [2.05, 4.69) is 55.8 Å². The molecule has 6 rings (SSSR count). The fraction of sp³-hybridized carbons (Fsp3) is 0.591. The van der Waals surface area contributed by atoms with Gasteiger partial charge in [0.15, 0.2) is 5.78 Å². The number of piperidine rings is 2. The van der Waals surface area contributed by atoms with Crippen molar-refractivity contribution in [1.82, 2.24) is 4.57 Å². The molecule has 2 aromatic rings. The summed E-state index contributed by atoms with van der Waals surface area (Å²) in [4.78, 5) is 16.7. The SMILES string of the molecule is CCn1cc(C2[NH+]3CC4(CC)C[NH+]2CC(CC)(C3)C4=O)c2ccccc21. The van der Waals surface area contributed by atoms with Crippen LogP contribution in [0.25, 0.3) is 10.9 Å². The molecule has 4 fully saturated rings. The van der Waals surface area contributed by atoms with Crippen molar-refractivity contribution in [1.29, 1.82) is 0 Å². The zero-order valence-corrected chi connectivity index (χ0v) is 16.3. The lowest BCUT2D eigenvalue weighted by Gasteiger charge is -2.60. The molecular weight excluding hydrogens is 322 g/mol. The molecule has 4 saturated heterocycles. The second kappa shape index (κ2) is 5.43. The van der Waals surface area contributed by atoms with E-state index in [-0.39, 0.29) is 10.8 Å². The first-order chi connectivity index (χ1) is 12.6. The molecule has 4 aliphatic heterocycles. The predicted octanol–water partition coefficient (Wildman–Crippen LogP) is 0.832. The van der Waals surface area contributed by atoms with Crippen molar-refractivity contribution in [2.45, 2.75) is 46.3 Å². The summed E-state index contributed by atoms with van der Waals surface area (Å²) in [6, 6.07) is 8.85. The number of nitrogens with one attached hydrogen (secondary N) is 2. The van der Waals surface area contributed by atoms with Crippen LogP contribution in [0.3, 0.4) is 0 Å². The fourth-order valence-corrected chi connectivity index (χ4v) is 6.60. The van der Waals surface area contributed by atoms with Gasteiger partial charge in [-0.15, -0.1) is 0 Å². The third-order valence-electron chi connectivity index (χ3n) is 7.87. The van der Waals surface area contributed by atoms with Gasteiger partial charge >= 0.3 is 0 Å². The van der Waals surface area contributed by atoms with E-state index < -0.39 is 0 Å². The van der Waals surface area contributed by atoms with Crippen LogP contribution >= 0.6 is 0 Å². The smallest absolute Gasteiger partial charge is 0.242 e. The summed E-state index contributed by atoms with van der Waals surface area (Å²) in [5, 5.41) is 1.41. The Bertz CT molecular complexity index is 841. The van der Waals surface area contributed by atoms with E-state index >= 15 is 0 Å². The van der Waals surface area contributed by atoms with Crippen molar-refractivity contribution in [2.75, 3.05) is 26.2 Å². The number of para-hydroxylation sites is 1. The Balaban J connectivity index is 1.63. The van der Waals surface area contributed by atoms with Crippen LogP contribution in [0.1, 0.15) is 45.3 Å². The number of ketones is 1. The normalized spacial score (nSPS) is 38.4. The quantitative estimate of drug-likeness (QED) is 0.838. The standard InChI is InChI=1S/C22H29N3O/c1-4-21-12-24-14-22(5-2,20(21)26)15-25(13-21)19(24)17-11-23(6-3)18-10-8-7-9-16(17)18/h7-11,19H,4-6,12-15H2,1-3H3/p+2. The molecule has 0 saturated carbocycles. The van der Waals surface area contributed by atoms with E-state index in [4.69, 9.17) is 0 Å². The van der Waals surface area contributed by atoms with Crippen LogP contribution in [0.15, 0.2) is 30.5 Å². The van der Waals surface area contributed by atoms with Gasteiger partial charge in [0, 0.05) is 23.6 Å². The zero-order chi connectivity index (χ0) is 18.1. The lowest BCUT2D eigenvalue weighted by molar-refractivity contribution is -1.18. The molecule has 1 aromatic carbocycles. The molecule has 138 valence electrons. The number of hydrogen-bond acceptors (Lipinski definition) is 1. The Kier molecular flexibility index (Phi) is 3.45. The van der Waals surface area contributed by atoms with E-state index in [9.17, 15) is 4.79 Å². The number of aryl methyl sites for hydroxylation is 1. The van der Waals surface area contributed by atoms with Crippen LogP contribution in [0.5, 0.6) is 0 Å². The number of Topliss-reactive ketones (excluding diaryl/α,β-unsaturated/α-hetero) is 1. The molecule has 4 bridgehead atoms. The topological polar surface area (TPSA) is 30.9 Å². The number of nitrogens with zero attached hydrogens (tertiary/aromatic N) is 1. The van der Waals surface area contributed by atoms with Crippen LogP contribution in [0.4, 0.5) is 0 Å². The molecule has 5 heterocycles. The highest BCUT2D eigenvalue weighted by molar-refractivity contribution is 5.92. The van der Waals surface area contributed by atoms with Crippen molar-refractivity contribution in [3.8, 4) is 0 Å². The lowest BCUT2D eigenvalue weighted by Crippen LogP contribution is -3.41. The van der Waals surface area contributed by atoms with Gasteiger partial charge in [-0.3, -0.25) is 14.6 Å². The third-order valence-corrected chi connectivity index (χ3v) is 7.87.